The van der Waals surface area contributed by atoms with Gasteiger partial charge in [-0.3, -0.25) is 0 Å². The maximum absolute atomic E-state index is 6.58. The Bertz CT molecular complexity index is 615. The quantitative estimate of drug-likeness (QED) is 0.650. The number of fused-ring (bicyclic) bond motifs is 10. The van der Waals surface area contributed by atoms with Gasteiger partial charge in [0.1, 0.15) is 0 Å². The van der Waals surface area contributed by atoms with E-state index in [0.717, 1.165) is 24.7 Å². The van der Waals surface area contributed by atoms with Crippen LogP contribution in [0.2, 0.25) is 0 Å². The normalized spacial score (nSPS) is 61.6. The van der Waals surface area contributed by atoms with Crippen molar-refractivity contribution in [3.8, 4) is 0 Å². The molecule has 6 fully saturated rings. The number of rotatable bonds is 2. The van der Waals surface area contributed by atoms with Crippen molar-refractivity contribution in [1.29, 1.82) is 0 Å². The highest BCUT2D eigenvalue weighted by Crippen LogP contribution is 2.72. The van der Waals surface area contributed by atoms with E-state index in [1.54, 1.807) is 0 Å². The molecular weight excluding hydrogens is 336 g/mol. The lowest BCUT2D eigenvalue weighted by atomic mass is 9.70. The minimum absolute atomic E-state index is 0.0432. The summed E-state index contributed by atoms with van der Waals surface area (Å²) in [5, 5.41) is 0. The third kappa shape index (κ3) is 1.83. The van der Waals surface area contributed by atoms with Gasteiger partial charge in [0.2, 0.25) is 0 Å². The second-order valence-corrected chi connectivity index (χ2v) is 12.5. The van der Waals surface area contributed by atoms with E-state index in [1.165, 1.54) is 25.7 Å². The lowest BCUT2D eigenvalue weighted by Crippen LogP contribution is -2.39. The molecule has 3 heteroatoms. The van der Waals surface area contributed by atoms with Crippen LogP contribution in [0.15, 0.2) is 0 Å². The van der Waals surface area contributed by atoms with E-state index in [4.69, 9.17) is 14.2 Å². The molecule has 0 aromatic heterocycles. The van der Waals surface area contributed by atoms with Crippen molar-refractivity contribution in [3.63, 3.8) is 0 Å². The van der Waals surface area contributed by atoms with E-state index in [0.29, 0.717) is 45.7 Å². The number of hydrogen-bond acceptors (Lipinski definition) is 3. The zero-order valence-corrected chi connectivity index (χ0v) is 18.1. The van der Waals surface area contributed by atoms with Gasteiger partial charge in [0, 0.05) is 12.8 Å². The van der Waals surface area contributed by atoms with Crippen molar-refractivity contribution in [2.24, 2.45) is 45.3 Å². The molecule has 0 amide bonds. The molecule has 10 atom stereocenters. The Morgan fingerprint density at radius 3 is 1.44 bits per heavy atom. The second kappa shape index (κ2) is 4.95. The van der Waals surface area contributed by atoms with Crippen LogP contribution >= 0.6 is 0 Å². The molecule has 6 rings (SSSR count). The Morgan fingerprint density at radius 1 is 0.667 bits per heavy atom. The molecule has 0 unspecified atom stereocenters. The topological polar surface area (TPSA) is 27.7 Å². The summed E-state index contributed by atoms with van der Waals surface area (Å²) in [4.78, 5) is 0. The van der Waals surface area contributed by atoms with Crippen LogP contribution in [-0.2, 0) is 14.2 Å². The lowest BCUT2D eigenvalue weighted by molar-refractivity contribution is -0.252. The van der Waals surface area contributed by atoms with Crippen molar-refractivity contribution in [2.45, 2.75) is 105 Å². The summed E-state index contributed by atoms with van der Waals surface area (Å²) in [5.74, 6) is 3.00. The van der Waals surface area contributed by atoms with Crippen LogP contribution in [0, 0.1) is 45.3 Å². The monoisotopic (exact) mass is 374 g/mol. The molecule has 0 radical (unpaired) electrons. The fourth-order valence-corrected chi connectivity index (χ4v) is 9.31. The van der Waals surface area contributed by atoms with Crippen LogP contribution in [0.4, 0.5) is 0 Å². The summed E-state index contributed by atoms with van der Waals surface area (Å²) in [5.41, 5.74) is 1.47. The molecule has 0 N–H and O–H groups in total. The first kappa shape index (κ1) is 17.7. The molecular formula is C24H38O3. The fourth-order valence-electron chi connectivity index (χ4n) is 9.31. The Kier molecular flexibility index (Phi) is 3.25. The molecule has 4 saturated carbocycles. The summed E-state index contributed by atoms with van der Waals surface area (Å²) >= 11 is 0. The average Bonchev–Trinajstić information content (AvgIpc) is 3.33. The molecule has 4 aliphatic carbocycles. The third-order valence-electron chi connectivity index (χ3n) is 11.6. The first-order valence-corrected chi connectivity index (χ1v) is 11.6. The summed E-state index contributed by atoms with van der Waals surface area (Å²) in [6.07, 6.45) is 8.24. The van der Waals surface area contributed by atoms with Gasteiger partial charge in [0.15, 0.2) is 12.6 Å². The maximum atomic E-state index is 6.58. The molecule has 4 bridgehead atoms. The smallest absolute Gasteiger partial charge is 0.161 e. The van der Waals surface area contributed by atoms with Crippen LogP contribution in [0.3, 0.4) is 0 Å². The van der Waals surface area contributed by atoms with Gasteiger partial charge >= 0.3 is 0 Å². The number of hydrogen-bond donors (Lipinski definition) is 0. The van der Waals surface area contributed by atoms with E-state index < -0.39 is 0 Å². The Labute approximate surface area is 164 Å². The average molecular weight is 375 g/mol. The van der Waals surface area contributed by atoms with E-state index in [2.05, 4.69) is 41.5 Å². The highest BCUT2D eigenvalue weighted by atomic mass is 16.8. The van der Waals surface area contributed by atoms with Gasteiger partial charge in [0.05, 0.1) is 12.2 Å². The van der Waals surface area contributed by atoms with E-state index in [1.807, 2.05) is 0 Å². The van der Waals surface area contributed by atoms with Crippen molar-refractivity contribution in [2.75, 3.05) is 0 Å². The predicted molar refractivity (Wildman–Crippen MR) is 104 cm³/mol. The summed E-state index contributed by atoms with van der Waals surface area (Å²) in [6.45, 7) is 14.8. The maximum Gasteiger partial charge on any atom is 0.161 e. The van der Waals surface area contributed by atoms with Gasteiger partial charge in [-0.1, -0.05) is 41.5 Å². The van der Waals surface area contributed by atoms with E-state index in [-0.39, 0.29) is 12.6 Å². The van der Waals surface area contributed by atoms with Crippen molar-refractivity contribution < 1.29 is 14.2 Å². The van der Waals surface area contributed by atoms with Gasteiger partial charge in [-0.15, -0.1) is 0 Å². The highest BCUT2D eigenvalue weighted by Gasteiger charge is 2.71. The Hall–Kier alpha value is -0.120. The van der Waals surface area contributed by atoms with Gasteiger partial charge in [0.25, 0.3) is 0 Å². The minimum atomic E-state index is -0.0432. The minimum Gasteiger partial charge on any atom is -0.348 e. The standard InChI is InChI=1S/C24H38O3/c1-21(2)15-7-9-23(21,5)19-13(15)11-17(26-19)25-18-12-14-16-8-10-24(6,20(14)27-18)22(16,3)4/h13-20H,7-12H2,1-6H3/t13-,14-,15+,16+,17-,18-,19-,20-,23-,24-/m1/s1. The summed E-state index contributed by atoms with van der Waals surface area (Å²) in [6, 6.07) is 0. The van der Waals surface area contributed by atoms with Crippen LogP contribution in [0.1, 0.15) is 80.1 Å². The Morgan fingerprint density at radius 2 is 1.07 bits per heavy atom. The van der Waals surface area contributed by atoms with Gasteiger partial charge in [-0.2, -0.15) is 0 Å². The molecule has 3 nitrogen and oxygen atoms in total. The van der Waals surface area contributed by atoms with Gasteiger partial charge < -0.3 is 14.2 Å². The lowest BCUT2D eigenvalue weighted by Gasteiger charge is -2.39. The SMILES string of the molecule is CC1(C)[C@H]2CC[C@]1(C)[C@@H]1O[C@@H](O[C@H]3C[C@H]4[C@@H](O3)[C@@]3(C)CC[C@@H]4C3(C)C)C[C@@H]12. The molecule has 0 aromatic rings. The van der Waals surface area contributed by atoms with Crippen LogP contribution in [-0.4, -0.2) is 24.8 Å². The predicted octanol–water partition coefficient (Wildman–Crippen LogP) is 5.38. The molecule has 152 valence electrons. The van der Waals surface area contributed by atoms with E-state index >= 15 is 0 Å². The van der Waals surface area contributed by atoms with E-state index in [9.17, 15) is 0 Å². The van der Waals surface area contributed by atoms with Crippen molar-refractivity contribution in [3.05, 3.63) is 0 Å². The first-order chi connectivity index (χ1) is 12.6. The third-order valence-corrected chi connectivity index (χ3v) is 11.6. The first-order valence-electron chi connectivity index (χ1n) is 11.6. The molecule has 0 aromatic carbocycles. The zero-order chi connectivity index (χ0) is 19.0. The second-order valence-electron chi connectivity index (χ2n) is 12.5. The number of ether oxygens (including phenoxy) is 3. The van der Waals surface area contributed by atoms with Crippen molar-refractivity contribution in [1.82, 2.24) is 0 Å². The van der Waals surface area contributed by atoms with Crippen LogP contribution < -0.4 is 0 Å². The van der Waals surface area contributed by atoms with Crippen LogP contribution in [0.5, 0.6) is 0 Å². The van der Waals surface area contributed by atoms with Gasteiger partial charge in [-0.25, -0.2) is 0 Å². The fraction of sp³-hybridized carbons (Fsp3) is 1.00. The van der Waals surface area contributed by atoms with Gasteiger partial charge in [-0.05, 0) is 71.0 Å². The Balaban J connectivity index is 1.15. The summed E-state index contributed by atoms with van der Waals surface area (Å²) in [7, 11) is 0. The molecule has 6 aliphatic rings. The largest absolute Gasteiger partial charge is 0.348 e. The summed E-state index contributed by atoms with van der Waals surface area (Å²) < 4.78 is 19.6. The van der Waals surface area contributed by atoms with Crippen molar-refractivity contribution >= 4 is 0 Å². The van der Waals surface area contributed by atoms with Crippen LogP contribution in [0.25, 0.3) is 0 Å². The molecule has 2 heterocycles. The molecule has 0 spiro atoms. The molecule has 27 heavy (non-hydrogen) atoms. The zero-order valence-electron chi connectivity index (χ0n) is 18.1. The molecule has 2 saturated heterocycles. The molecule has 2 aliphatic heterocycles. The highest BCUT2D eigenvalue weighted by molar-refractivity contribution is 5.18.